The molecule has 4 nitrogen and oxygen atoms in total. The van der Waals surface area contributed by atoms with Crippen LogP contribution in [0.5, 0.6) is 0 Å². The van der Waals surface area contributed by atoms with Gasteiger partial charge >= 0.3 is 11.9 Å². The maximum atomic E-state index is 10.5. The van der Waals surface area contributed by atoms with E-state index in [-0.39, 0.29) is 11.1 Å². The van der Waals surface area contributed by atoms with Crippen molar-refractivity contribution in [3.63, 3.8) is 0 Å². The second-order valence-corrected chi connectivity index (χ2v) is 5.47. The van der Waals surface area contributed by atoms with Crippen LogP contribution in [0.1, 0.15) is 31.8 Å². The Morgan fingerprint density at radius 1 is 0.538 bits per heavy atom. The van der Waals surface area contributed by atoms with Gasteiger partial charge in [0, 0.05) is 0 Å². The van der Waals surface area contributed by atoms with Crippen molar-refractivity contribution in [3.8, 4) is 0 Å². The van der Waals surface area contributed by atoms with E-state index in [0.29, 0.717) is 0 Å². The minimum absolute atomic E-state index is 0.190. The highest BCUT2D eigenvalue weighted by Gasteiger charge is 2.13. The van der Waals surface area contributed by atoms with Crippen LogP contribution in [0.15, 0.2) is 84.9 Å². The molecule has 0 aromatic heterocycles. The van der Waals surface area contributed by atoms with Gasteiger partial charge in [-0.3, -0.25) is 0 Å². The minimum atomic E-state index is -1.23. The molecule has 2 N–H and O–H groups in total. The Balaban J connectivity index is 0.000000207. The molecule has 134 valence electrons. The Labute approximate surface area is 153 Å². The number of hydrogen-bond acceptors (Lipinski definition) is 2. The number of hydrogen-bond donors (Lipinski definition) is 2. The molecule has 3 rings (SSSR count). The lowest BCUT2D eigenvalue weighted by Gasteiger charge is -1.98. The molecule has 0 fully saturated rings. The van der Waals surface area contributed by atoms with Crippen molar-refractivity contribution in [2.45, 2.75) is 13.8 Å². The normalized spacial score (nSPS) is 9.00. The monoisotopic (exact) mass is 350 g/mol. The van der Waals surface area contributed by atoms with E-state index in [9.17, 15) is 9.59 Å². The zero-order chi connectivity index (χ0) is 19.4. The Bertz CT molecular complexity index is 741. The van der Waals surface area contributed by atoms with Crippen LogP contribution in [0, 0.1) is 13.8 Å². The molecule has 0 aliphatic rings. The summed E-state index contributed by atoms with van der Waals surface area (Å²) < 4.78 is 0. The number of carboxylic acid groups (broad SMARTS) is 2. The lowest BCUT2D eigenvalue weighted by Crippen LogP contribution is -2.06. The van der Waals surface area contributed by atoms with Gasteiger partial charge in [-0.15, -0.1) is 0 Å². The minimum Gasteiger partial charge on any atom is -0.478 e. The van der Waals surface area contributed by atoms with Gasteiger partial charge in [0.05, 0.1) is 11.1 Å². The van der Waals surface area contributed by atoms with E-state index in [1.54, 1.807) is 0 Å². The Hall–Kier alpha value is -3.40. The van der Waals surface area contributed by atoms with Gasteiger partial charge in [0.2, 0.25) is 0 Å². The summed E-state index contributed by atoms with van der Waals surface area (Å²) in [5.41, 5.74) is 2.26. The van der Waals surface area contributed by atoms with Crippen molar-refractivity contribution in [1.29, 1.82) is 0 Å². The van der Waals surface area contributed by atoms with Crippen molar-refractivity contribution in [1.82, 2.24) is 0 Å². The molecule has 26 heavy (non-hydrogen) atoms. The molecular weight excluding hydrogens is 328 g/mol. The molecular formula is C22H22O4. The zero-order valence-corrected chi connectivity index (χ0v) is 14.8. The molecule has 0 aliphatic carbocycles. The van der Waals surface area contributed by atoms with Gasteiger partial charge in [-0.2, -0.15) is 0 Å². The second kappa shape index (κ2) is 11.2. The van der Waals surface area contributed by atoms with Gasteiger partial charge in [-0.05, 0) is 26.0 Å². The molecule has 0 heterocycles. The molecule has 0 saturated carbocycles. The fraction of sp³-hybridized carbons (Fsp3) is 0.0909. The van der Waals surface area contributed by atoms with Crippen LogP contribution in [0.4, 0.5) is 0 Å². The van der Waals surface area contributed by atoms with Crippen molar-refractivity contribution in [2.75, 3.05) is 0 Å². The van der Waals surface area contributed by atoms with Crippen molar-refractivity contribution < 1.29 is 19.8 Å². The van der Waals surface area contributed by atoms with Gasteiger partial charge in [0.15, 0.2) is 0 Å². The molecule has 0 amide bonds. The Kier molecular flexibility index (Phi) is 8.90. The summed E-state index contributed by atoms with van der Waals surface area (Å²) in [5, 5.41) is 17.1. The largest absolute Gasteiger partial charge is 0.478 e. The standard InChI is InChI=1S/C8H6O4.2C7H8/c9-7(10)5-3-1-2-4-6(5)8(11)12;2*1-7-5-3-2-4-6-7/h1-4H,(H,9,10)(H,11,12);2*2-6H,1H3. The van der Waals surface area contributed by atoms with Gasteiger partial charge in [0.25, 0.3) is 0 Å². The average Bonchev–Trinajstić information content (AvgIpc) is 2.64. The highest BCUT2D eigenvalue weighted by atomic mass is 16.4. The summed E-state index contributed by atoms with van der Waals surface area (Å²) >= 11 is 0. The zero-order valence-electron chi connectivity index (χ0n) is 14.8. The lowest BCUT2D eigenvalue weighted by atomic mass is 10.1. The van der Waals surface area contributed by atoms with Gasteiger partial charge < -0.3 is 10.2 Å². The first-order chi connectivity index (χ1) is 12.4. The molecule has 0 atom stereocenters. The Morgan fingerprint density at radius 2 is 0.808 bits per heavy atom. The molecule has 0 radical (unpaired) electrons. The predicted octanol–water partition coefficient (Wildman–Crippen LogP) is 5.07. The number of aryl methyl sites for hydroxylation is 2. The third kappa shape index (κ3) is 7.93. The number of carboxylic acids is 2. The van der Waals surface area contributed by atoms with Crippen LogP contribution >= 0.6 is 0 Å². The molecule has 3 aromatic carbocycles. The third-order valence-corrected chi connectivity index (χ3v) is 3.27. The van der Waals surface area contributed by atoms with E-state index < -0.39 is 11.9 Å². The fourth-order valence-electron chi connectivity index (χ4n) is 1.92. The van der Waals surface area contributed by atoms with E-state index in [0.717, 1.165) is 0 Å². The quantitative estimate of drug-likeness (QED) is 0.676. The summed E-state index contributed by atoms with van der Waals surface area (Å²) in [5.74, 6) is -2.46. The number of benzene rings is 3. The van der Waals surface area contributed by atoms with Crippen LogP contribution in [0.2, 0.25) is 0 Å². The van der Waals surface area contributed by atoms with E-state index in [2.05, 4.69) is 38.1 Å². The summed E-state index contributed by atoms with van der Waals surface area (Å²) in [7, 11) is 0. The first-order valence-electron chi connectivity index (χ1n) is 8.00. The van der Waals surface area contributed by atoms with Crippen molar-refractivity contribution in [3.05, 3.63) is 107 Å². The highest BCUT2D eigenvalue weighted by molar-refractivity contribution is 6.01. The van der Waals surface area contributed by atoms with Gasteiger partial charge in [-0.25, -0.2) is 9.59 Å². The SMILES string of the molecule is Cc1ccccc1.Cc1ccccc1.O=C(O)c1ccccc1C(=O)O. The molecule has 0 spiro atoms. The summed E-state index contributed by atoms with van der Waals surface area (Å²) in [6.45, 7) is 4.17. The topological polar surface area (TPSA) is 74.6 Å². The maximum Gasteiger partial charge on any atom is 0.336 e. The molecule has 3 aromatic rings. The number of aromatic carboxylic acids is 2. The third-order valence-electron chi connectivity index (χ3n) is 3.27. The predicted molar refractivity (Wildman–Crippen MR) is 103 cm³/mol. The molecule has 0 aliphatic heterocycles. The van der Waals surface area contributed by atoms with Crippen LogP contribution < -0.4 is 0 Å². The first-order valence-corrected chi connectivity index (χ1v) is 8.00. The van der Waals surface area contributed by atoms with E-state index >= 15 is 0 Å². The van der Waals surface area contributed by atoms with Crippen molar-refractivity contribution >= 4 is 11.9 Å². The number of carbonyl (C=O) groups is 2. The average molecular weight is 350 g/mol. The van der Waals surface area contributed by atoms with Crippen LogP contribution in [-0.2, 0) is 0 Å². The van der Waals surface area contributed by atoms with E-state index in [1.165, 1.54) is 35.4 Å². The van der Waals surface area contributed by atoms with E-state index in [4.69, 9.17) is 10.2 Å². The lowest BCUT2D eigenvalue weighted by molar-refractivity contribution is 0.0651. The summed E-state index contributed by atoms with van der Waals surface area (Å²) in [6, 6.07) is 26.0. The summed E-state index contributed by atoms with van der Waals surface area (Å²) in [4.78, 5) is 20.9. The van der Waals surface area contributed by atoms with E-state index in [1.807, 2.05) is 36.4 Å². The first kappa shape index (κ1) is 20.6. The van der Waals surface area contributed by atoms with Gasteiger partial charge in [-0.1, -0.05) is 83.9 Å². The molecule has 0 unspecified atom stereocenters. The molecule has 0 saturated heterocycles. The van der Waals surface area contributed by atoms with Crippen LogP contribution in [-0.4, -0.2) is 22.2 Å². The summed E-state index contributed by atoms with van der Waals surface area (Å²) in [6.07, 6.45) is 0. The van der Waals surface area contributed by atoms with Gasteiger partial charge in [0.1, 0.15) is 0 Å². The molecule has 4 heteroatoms. The highest BCUT2D eigenvalue weighted by Crippen LogP contribution is 2.07. The van der Waals surface area contributed by atoms with Crippen molar-refractivity contribution in [2.24, 2.45) is 0 Å². The Morgan fingerprint density at radius 3 is 1.00 bits per heavy atom. The smallest absolute Gasteiger partial charge is 0.336 e. The number of rotatable bonds is 2. The fourth-order valence-corrected chi connectivity index (χ4v) is 1.92. The molecule has 0 bridgehead atoms. The second-order valence-electron chi connectivity index (χ2n) is 5.47. The maximum absolute atomic E-state index is 10.5. The van der Waals surface area contributed by atoms with Crippen LogP contribution in [0.25, 0.3) is 0 Å². The van der Waals surface area contributed by atoms with Crippen LogP contribution in [0.3, 0.4) is 0 Å².